The van der Waals surface area contributed by atoms with Crippen molar-refractivity contribution in [3.05, 3.63) is 76.9 Å². The minimum Gasteiger partial charge on any atom is -0.292 e. The molecule has 3 heteroatoms. The SMILES string of the molecule is O=C(Cc1ccc(Cl)cc1)c1ccc2ccccc2n1. The zero-order chi connectivity index (χ0) is 13.9. The van der Waals surface area contributed by atoms with Crippen molar-refractivity contribution in [1.29, 1.82) is 0 Å². The van der Waals surface area contributed by atoms with Crippen LogP contribution in [0.25, 0.3) is 10.9 Å². The van der Waals surface area contributed by atoms with E-state index in [0.29, 0.717) is 17.1 Å². The quantitative estimate of drug-likeness (QED) is 0.670. The van der Waals surface area contributed by atoms with Gasteiger partial charge in [0.1, 0.15) is 5.69 Å². The highest BCUT2D eigenvalue weighted by Gasteiger charge is 2.09. The van der Waals surface area contributed by atoms with Gasteiger partial charge in [0.15, 0.2) is 5.78 Å². The van der Waals surface area contributed by atoms with E-state index in [4.69, 9.17) is 11.6 Å². The molecule has 1 aromatic heterocycles. The standard InChI is InChI=1S/C17H12ClNO/c18-14-8-5-12(6-9-14)11-17(20)16-10-7-13-3-1-2-4-15(13)19-16/h1-10H,11H2. The fraction of sp³-hybridized carbons (Fsp3) is 0.0588. The zero-order valence-corrected chi connectivity index (χ0v) is 11.5. The van der Waals surface area contributed by atoms with Crippen LogP contribution < -0.4 is 0 Å². The van der Waals surface area contributed by atoms with Crippen molar-refractivity contribution in [3.63, 3.8) is 0 Å². The summed E-state index contributed by atoms with van der Waals surface area (Å²) in [5.41, 5.74) is 2.28. The number of para-hydroxylation sites is 1. The first-order valence-corrected chi connectivity index (χ1v) is 6.73. The maximum Gasteiger partial charge on any atom is 0.185 e. The molecule has 0 fully saturated rings. The van der Waals surface area contributed by atoms with E-state index in [1.54, 1.807) is 18.2 Å². The van der Waals surface area contributed by atoms with Gasteiger partial charge in [-0.1, -0.05) is 48.0 Å². The first kappa shape index (κ1) is 12.8. The van der Waals surface area contributed by atoms with Gasteiger partial charge in [0, 0.05) is 16.8 Å². The number of pyridine rings is 1. The van der Waals surface area contributed by atoms with Gasteiger partial charge in [-0.05, 0) is 29.8 Å². The third-order valence-corrected chi connectivity index (χ3v) is 3.41. The molecule has 3 rings (SSSR count). The highest BCUT2D eigenvalue weighted by Crippen LogP contribution is 2.15. The van der Waals surface area contributed by atoms with Crippen LogP contribution in [0.2, 0.25) is 5.02 Å². The number of Topliss-reactive ketones (excluding diaryl/α,β-unsaturated/α-hetero) is 1. The lowest BCUT2D eigenvalue weighted by Gasteiger charge is -2.03. The molecule has 0 bridgehead atoms. The summed E-state index contributed by atoms with van der Waals surface area (Å²) in [6.07, 6.45) is 0.336. The lowest BCUT2D eigenvalue weighted by Crippen LogP contribution is -2.05. The molecule has 2 nitrogen and oxygen atoms in total. The average molecular weight is 282 g/mol. The van der Waals surface area contributed by atoms with E-state index in [-0.39, 0.29) is 5.78 Å². The second-order valence-corrected chi connectivity index (χ2v) is 5.05. The number of rotatable bonds is 3. The van der Waals surface area contributed by atoms with Crippen molar-refractivity contribution < 1.29 is 4.79 Å². The van der Waals surface area contributed by atoms with Crippen molar-refractivity contribution in [2.24, 2.45) is 0 Å². The monoisotopic (exact) mass is 281 g/mol. The molecule has 0 atom stereocenters. The molecule has 0 aliphatic rings. The summed E-state index contributed by atoms with van der Waals surface area (Å²) in [5.74, 6) is 0.0121. The number of nitrogens with zero attached hydrogens (tertiary/aromatic N) is 1. The number of aromatic nitrogens is 1. The van der Waals surface area contributed by atoms with Crippen molar-refractivity contribution in [2.45, 2.75) is 6.42 Å². The second-order valence-electron chi connectivity index (χ2n) is 4.62. The number of hydrogen-bond donors (Lipinski definition) is 0. The van der Waals surface area contributed by atoms with E-state index in [0.717, 1.165) is 16.5 Å². The van der Waals surface area contributed by atoms with Gasteiger partial charge in [-0.15, -0.1) is 0 Å². The highest BCUT2D eigenvalue weighted by atomic mass is 35.5. The Morgan fingerprint density at radius 1 is 0.950 bits per heavy atom. The topological polar surface area (TPSA) is 30.0 Å². The summed E-state index contributed by atoms with van der Waals surface area (Å²) < 4.78 is 0. The van der Waals surface area contributed by atoms with Crippen LogP contribution in [0, 0.1) is 0 Å². The van der Waals surface area contributed by atoms with Crippen molar-refractivity contribution in [1.82, 2.24) is 4.98 Å². The van der Waals surface area contributed by atoms with E-state index < -0.39 is 0 Å². The third-order valence-electron chi connectivity index (χ3n) is 3.16. The van der Waals surface area contributed by atoms with Gasteiger partial charge in [-0.3, -0.25) is 4.79 Å². The molecular weight excluding hydrogens is 270 g/mol. The van der Waals surface area contributed by atoms with Gasteiger partial charge in [-0.2, -0.15) is 0 Å². The summed E-state index contributed by atoms with van der Waals surface area (Å²) in [4.78, 5) is 16.7. The molecule has 1 heterocycles. The van der Waals surface area contributed by atoms with Crippen LogP contribution in [0.4, 0.5) is 0 Å². The van der Waals surface area contributed by atoms with Crippen LogP contribution in [0.15, 0.2) is 60.7 Å². The normalized spacial score (nSPS) is 10.7. The van der Waals surface area contributed by atoms with Gasteiger partial charge in [0.05, 0.1) is 5.52 Å². The second kappa shape index (κ2) is 5.43. The Morgan fingerprint density at radius 2 is 1.70 bits per heavy atom. The fourth-order valence-electron chi connectivity index (χ4n) is 2.10. The summed E-state index contributed by atoms with van der Waals surface area (Å²) in [6, 6.07) is 18.8. The molecule has 0 aliphatic heterocycles. The van der Waals surface area contributed by atoms with Crippen LogP contribution in [0.3, 0.4) is 0 Å². The van der Waals surface area contributed by atoms with Crippen molar-refractivity contribution in [2.75, 3.05) is 0 Å². The van der Waals surface area contributed by atoms with E-state index in [9.17, 15) is 4.79 Å². The number of benzene rings is 2. The first-order chi connectivity index (χ1) is 9.72. The molecule has 20 heavy (non-hydrogen) atoms. The summed E-state index contributed by atoms with van der Waals surface area (Å²) in [5, 5.41) is 1.71. The number of carbonyl (C=O) groups excluding carboxylic acids is 1. The van der Waals surface area contributed by atoms with Crippen LogP contribution in [-0.2, 0) is 6.42 Å². The maximum absolute atomic E-state index is 12.2. The number of fused-ring (bicyclic) bond motifs is 1. The third kappa shape index (κ3) is 2.70. The van der Waals surface area contributed by atoms with Crippen LogP contribution in [0.1, 0.15) is 16.1 Å². The highest BCUT2D eigenvalue weighted by molar-refractivity contribution is 6.30. The van der Waals surface area contributed by atoms with Gasteiger partial charge < -0.3 is 0 Å². The Bertz CT molecular complexity index is 765. The molecule has 3 aromatic rings. The molecule has 0 radical (unpaired) electrons. The van der Waals surface area contributed by atoms with Gasteiger partial charge in [-0.25, -0.2) is 4.98 Å². The Balaban J connectivity index is 1.86. The molecule has 0 amide bonds. The van der Waals surface area contributed by atoms with Crippen LogP contribution >= 0.6 is 11.6 Å². The Morgan fingerprint density at radius 3 is 2.50 bits per heavy atom. The molecule has 0 saturated heterocycles. The molecule has 0 saturated carbocycles. The predicted molar refractivity (Wildman–Crippen MR) is 81.2 cm³/mol. The van der Waals surface area contributed by atoms with Crippen LogP contribution in [0.5, 0.6) is 0 Å². The fourth-order valence-corrected chi connectivity index (χ4v) is 2.23. The lowest BCUT2D eigenvalue weighted by molar-refractivity contribution is 0.0988. The van der Waals surface area contributed by atoms with Crippen molar-refractivity contribution in [3.8, 4) is 0 Å². The number of halogens is 1. The molecule has 2 aromatic carbocycles. The van der Waals surface area contributed by atoms with E-state index >= 15 is 0 Å². The lowest BCUT2D eigenvalue weighted by atomic mass is 10.1. The average Bonchev–Trinajstić information content (AvgIpc) is 2.49. The molecule has 0 unspecified atom stereocenters. The summed E-state index contributed by atoms with van der Waals surface area (Å²) >= 11 is 5.83. The van der Waals surface area contributed by atoms with E-state index in [2.05, 4.69) is 4.98 Å². The predicted octanol–water partition coefficient (Wildman–Crippen LogP) is 4.31. The number of hydrogen-bond acceptors (Lipinski definition) is 2. The first-order valence-electron chi connectivity index (χ1n) is 6.36. The molecular formula is C17H12ClNO. The summed E-state index contributed by atoms with van der Waals surface area (Å²) in [7, 11) is 0. The van der Waals surface area contributed by atoms with Crippen molar-refractivity contribution >= 4 is 28.3 Å². The Kier molecular flexibility index (Phi) is 3.48. The van der Waals surface area contributed by atoms with Crippen LogP contribution in [-0.4, -0.2) is 10.8 Å². The van der Waals surface area contributed by atoms with E-state index in [1.165, 1.54) is 0 Å². The zero-order valence-electron chi connectivity index (χ0n) is 10.7. The number of carbonyl (C=O) groups is 1. The van der Waals surface area contributed by atoms with Gasteiger partial charge in [0.2, 0.25) is 0 Å². The minimum atomic E-state index is 0.0121. The Labute approximate surface area is 122 Å². The van der Waals surface area contributed by atoms with E-state index in [1.807, 2.05) is 42.5 Å². The summed E-state index contributed by atoms with van der Waals surface area (Å²) in [6.45, 7) is 0. The largest absolute Gasteiger partial charge is 0.292 e. The van der Waals surface area contributed by atoms with Gasteiger partial charge >= 0.3 is 0 Å². The number of ketones is 1. The van der Waals surface area contributed by atoms with Gasteiger partial charge in [0.25, 0.3) is 0 Å². The maximum atomic E-state index is 12.2. The molecule has 98 valence electrons. The molecule has 0 spiro atoms. The Hall–Kier alpha value is -2.19. The minimum absolute atomic E-state index is 0.0121. The smallest absolute Gasteiger partial charge is 0.185 e. The molecule has 0 aliphatic carbocycles. The molecule has 0 N–H and O–H groups in total.